The second kappa shape index (κ2) is 6.02. The minimum absolute atomic E-state index is 0.223. The van der Waals surface area contributed by atoms with Crippen LogP contribution < -0.4 is 5.32 Å². The first-order valence-electron chi connectivity index (χ1n) is 7.52. The van der Waals surface area contributed by atoms with Crippen LogP contribution in [0.1, 0.15) is 48.9 Å². The van der Waals surface area contributed by atoms with E-state index in [9.17, 15) is 5.11 Å². The topological polar surface area (TPSA) is 58.0 Å². The maximum Gasteiger partial charge on any atom is 0.206 e. The first-order valence-corrected chi connectivity index (χ1v) is 8.34. The molecular formula is C16H21N3OS. The van der Waals surface area contributed by atoms with E-state index in [1.54, 1.807) is 17.4 Å². The number of anilines is 1. The number of hydrogen-bond donors (Lipinski definition) is 2. The van der Waals surface area contributed by atoms with Gasteiger partial charge in [-0.2, -0.15) is 0 Å². The molecule has 1 atom stereocenters. The fourth-order valence-electron chi connectivity index (χ4n) is 2.83. The molecule has 0 aliphatic heterocycles. The number of aromatic nitrogens is 2. The van der Waals surface area contributed by atoms with E-state index in [-0.39, 0.29) is 6.04 Å². The van der Waals surface area contributed by atoms with E-state index in [1.165, 1.54) is 11.1 Å². The molecule has 112 valence electrons. The SMILES string of the molecule is CC(C)Cc1nnc(NC2CCCc3ccc(O)cc32)s1. The molecule has 21 heavy (non-hydrogen) atoms. The largest absolute Gasteiger partial charge is 0.508 e. The van der Waals surface area contributed by atoms with Gasteiger partial charge in [-0.15, -0.1) is 10.2 Å². The van der Waals surface area contributed by atoms with Gasteiger partial charge in [0.25, 0.3) is 0 Å². The zero-order chi connectivity index (χ0) is 14.8. The van der Waals surface area contributed by atoms with Gasteiger partial charge in [-0.3, -0.25) is 0 Å². The number of rotatable bonds is 4. The van der Waals surface area contributed by atoms with Crippen LogP contribution in [0.15, 0.2) is 18.2 Å². The number of hydrogen-bond acceptors (Lipinski definition) is 5. The number of benzene rings is 1. The van der Waals surface area contributed by atoms with E-state index in [1.807, 2.05) is 12.1 Å². The lowest BCUT2D eigenvalue weighted by molar-refractivity contribution is 0.471. The lowest BCUT2D eigenvalue weighted by Crippen LogP contribution is -2.17. The highest BCUT2D eigenvalue weighted by Gasteiger charge is 2.21. The number of phenols is 1. The molecule has 1 aromatic carbocycles. The molecule has 0 fully saturated rings. The highest BCUT2D eigenvalue weighted by Crippen LogP contribution is 2.35. The van der Waals surface area contributed by atoms with Crippen molar-refractivity contribution < 1.29 is 5.11 Å². The highest BCUT2D eigenvalue weighted by atomic mass is 32.1. The predicted octanol–water partition coefficient (Wildman–Crippen LogP) is 3.93. The maximum atomic E-state index is 9.72. The van der Waals surface area contributed by atoms with Crippen molar-refractivity contribution in [3.05, 3.63) is 34.3 Å². The summed E-state index contributed by atoms with van der Waals surface area (Å²) in [5.74, 6) is 0.929. The van der Waals surface area contributed by atoms with Gasteiger partial charge in [0.1, 0.15) is 10.8 Å². The summed E-state index contributed by atoms with van der Waals surface area (Å²) < 4.78 is 0. The lowest BCUT2D eigenvalue weighted by atomic mass is 9.87. The molecule has 0 spiro atoms. The standard InChI is InChI=1S/C16H21N3OS/c1-10(2)8-15-18-19-16(21-15)17-14-5-3-4-11-6-7-12(20)9-13(11)14/h6-7,9-10,14,20H,3-5,8H2,1-2H3,(H,17,19). The third-order valence-corrected chi connectivity index (χ3v) is 4.67. The zero-order valence-electron chi connectivity index (χ0n) is 12.5. The average molecular weight is 303 g/mol. The van der Waals surface area contributed by atoms with Crippen molar-refractivity contribution in [1.29, 1.82) is 0 Å². The van der Waals surface area contributed by atoms with Gasteiger partial charge in [0.2, 0.25) is 5.13 Å². The second-order valence-electron chi connectivity index (χ2n) is 6.07. The Morgan fingerprint density at radius 3 is 3.05 bits per heavy atom. The van der Waals surface area contributed by atoms with Crippen molar-refractivity contribution in [2.75, 3.05) is 5.32 Å². The van der Waals surface area contributed by atoms with E-state index >= 15 is 0 Å². The normalized spacial score (nSPS) is 17.8. The summed E-state index contributed by atoms with van der Waals surface area (Å²) in [7, 11) is 0. The third kappa shape index (κ3) is 3.35. The number of aromatic hydroxyl groups is 1. The quantitative estimate of drug-likeness (QED) is 0.898. The van der Waals surface area contributed by atoms with E-state index in [2.05, 4.69) is 29.4 Å². The van der Waals surface area contributed by atoms with E-state index < -0.39 is 0 Å². The van der Waals surface area contributed by atoms with Gasteiger partial charge >= 0.3 is 0 Å². The van der Waals surface area contributed by atoms with Crippen LogP contribution in [0.4, 0.5) is 5.13 Å². The van der Waals surface area contributed by atoms with Crippen molar-refractivity contribution in [2.45, 2.75) is 45.6 Å². The molecule has 1 aliphatic rings. The Labute approximate surface area is 129 Å². The van der Waals surface area contributed by atoms with E-state index in [0.717, 1.165) is 35.8 Å². The summed E-state index contributed by atoms with van der Waals surface area (Å²) in [6.07, 6.45) is 4.28. The molecule has 0 amide bonds. The molecule has 5 heteroatoms. The van der Waals surface area contributed by atoms with Gasteiger partial charge < -0.3 is 10.4 Å². The molecule has 0 radical (unpaired) electrons. The van der Waals surface area contributed by atoms with Gasteiger partial charge in [0.05, 0.1) is 6.04 Å². The van der Waals surface area contributed by atoms with Gasteiger partial charge in [-0.05, 0) is 48.4 Å². The van der Waals surface area contributed by atoms with Crippen LogP contribution in [0.3, 0.4) is 0 Å². The Morgan fingerprint density at radius 2 is 2.24 bits per heavy atom. The molecule has 4 nitrogen and oxygen atoms in total. The highest BCUT2D eigenvalue weighted by molar-refractivity contribution is 7.15. The Kier molecular flexibility index (Phi) is 4.10. The van der Waals surface area contributed by atoms with E-state index in [0.29, 0.717) is 11.7 Å². The van der Waals surface area contributed by atoms with Gasteiger partial charge in [0, 0.05) is 6.42 Å². The molecule has 3 rings (SSSR count). The number of phenolic OH excluding ortho intramolecular Hbond substituents is 1. The molecule has 0 bridgehead atoms. The predicted molar refractivity (Wildman–Crippen MR) is 85.9 cm³/mol. The molecule has 0 saturated heterocycles. The zero-order valence-corrected chi connectivity index (χ0v) is 13.3. The maximum absolute atomic E-state index is 9.72. The molecule has 2 N–H and O–H groups in total. The first-order chi connectivity index (χ1) is 10.1. The number of aryl methyl sites for hydroxylation is 1. The van der Waals surface area contributed by atoms with Gasteiger partial charge in [-0.1, -0.05) is 31.3 Å². The summed E-state index contributed by atoms with van der Waals surface area (Å²) in [5, 5.41) is 23.7. The first kappa shape index (κ1) is 14.3. The molecule has 2 aromatic rings. The number of nitrogens with one attached hydrogen (secondary N) is 1. The summed E-state index contributed by atoms with van der Waals surface area (Å²) in [6, 6.07) is 5.90. The molecule has 1 aromatic heterocycles. The number of nitrogens with zero attached hydrogens (tertiary/aromatic N) is 2. The summed E-state index contributed by atoms with van der Waals surface area (Å²) in [5.41, 5.74) is 2.52. The Bertz CT molecular complexity index is 624. The summed E-state index contributed by atoms with van der Waals surface area (Å²) in [4.78, 5) is 0. The molecule has 1 unspecified atom stereocenters. The molecular weight excluding hydrogens is 282 g/mol. The molecule has 1 heterocycles. The van der Waals surface area contributed by atoms with Crippen LogP contribution >= 0.6 is 11.3 Å². The Balaban J connectivity index is 1.77. The van der Waals surface area contributed by atoms with Crippen LogP contribution in [0, 0.1) is 5.92 Å². The van der Waals surface area contributed by atoms with Crippen LogP contribution in [0.25, 0.3) is 0 Å². The summed E-state index contributed by atoms with van der Waals surface area (Å²) >= 11 is 1.64. The third-order valence-electron chi connectivity index (χ3n) is 3.79. The van der Waals surface area contributed by atoms with Crippen LogP contribution in [0.2, 0.25) is 0 Å². The average Bonchev–Trinajstić information content (AvgIpc) is 2.86. The Hall–Kier alpha value is -1.62. The lowest BCUT2D eigenvalue weighted by Gasteiger charge is -2.26. The van der Waals surface area contributed by atoms with Crippen molar-refractivity contribution in [2.24, 2.45) is 5.92 Å². The smallest absolute Gasteiger partial charge is 0.206 e. The van der Waals surface area contributed by atoms with Gasteiger partial charge in [0.15, 0.2) is 0 Å². The van der Waals surface area contributed by atoms with E-state index in [4.69, 9.17) is 0 Å². The fourth-order valence-corrected chi connectivity index (χ4v) is 3.83. The van der Waals surface area contributed by atoms with Crippen LogP contribution in [-0.4, -0.2) is 15.3 Å². The Morgan fingerprint density at radius 1 is 1.38 bits per heavy atom. The summed E-state index contributed by atoms with van der Waals surface area (Å²) in [6.45, 7) is 4.38. The minimum atomic E-state index is 0.223. The van der Waals surface area contributed by atoms with Crippen molar-refractivity contribution in [3.63, 3.8) is 0 Å². The van der Waals surface area contributed by atoms with Crippen molar-refractivity contribution >= 4 is 16.5 Å². The monoisotopic (exact) mass is 303 g/mol. The molecule has 1 aliphatic carbocycles. The second-order valence-corrected chi connectivity index (χ2v) is 7.13. The molecule has 0 saturated carbocycles. The number of fused-ring (bicyclic) bond motifs is 1. The van der Waals surface area contributed by atoms with Crippen molar-refractivity contribution in [3.8, 4) is 5.75 Å². The van der Waals surface area contributed by atoms with Crippen LogP contribution in [0.5, 0.6) is 5.75 Å². The van der Waals surface area contributed by atoms with Gasteiger partial charge in [-0.25, -0.2) is 0 Å². The van der Waals surface area contributed by atoms with Crippen molar-refractivity contribution in [1.82, 2.24) is 10.2 Å². The fraction of sp³-hybridized carbons (Fsp3) is 0.500. The minimum Gasteiger partial charge on any atom is -0.508 e. The van der Waals surface area contributed by atoms with Crippen LogP contribution in [-0.2, 0) is 12.8 Å².